The average molecular weight is 392 g/mol. The molecule has 2 rings (SSSR count). The van der Waals surface area contributed by atoms with E-state index >= 15 is 0 Å². The third kappa shape index (κ3) is 4.00. The third-order valence-corrected chi connectivity index (χ3v) is 6.67. The maximum absolute atomic E-state index is 12.7. The summed E-state index contributed by atoms with van der Waals surface area (Å²) in [7, 11) is -2.14. The molecule has 0 bridgehead atoms. The van der Waals surface area contributed by atoms with Gasteiger partial charge < -0.3 is 4.74 Å². The van der Waals surface area contributed by atoms with Gasteiger partial charge in [0.25, 0.3) is 0 Å². The number of hydrogen-bond acceptors (Lipinski definition) is 5. The molecule has 0 saturated carbocycles. The van der Waals surface area contributed by atoms with E-state index < -0.39 is 16.1 Å². The zero-order chi connectivity index (χ0) is 18.1. The Labute approximate surface area is 151 Å². The zero-order valence-electron chi connectivity index (χ0n) is 14.3. The number of aryl methyl sites for hydroxylation is 1. The van der Waals surface area contributed by atoms with Crippen molar-refractivity contribution in [3.8, 4) is 0 Å². The Morgan fingerprint density at radius 1 is 1.38 bits per heavy atom. The molecule has 6 nitrogen and oxygen atoms in total. The fourth-order valence-corrected chi connectivity index (χ4v) is 5.16. The van der Waals surface area contributed by atoms with Crippen LogP contribution in [0.3, 0.4) is 0 Å². The van der Waals surface area contributed by atoms with Crippen LogP contribution in [0.4, 0.5) is 0 Å². The summed E-state index contributed by atoms with van der Waals surface area (Å²) in [6.45, 7) is 7.52. The first-order valence-electron chi connectivity index (χ1n) is 7.50. The first kappa shape index (κ1) is 19.4. The minimum absolute atomic E-state index is 0.0904. The quantitative estimate of drug-likeness (QED) is 0.784. The number of thiophene rings is 1. The van der Waals surface area contributed by atoms with Crippen LogP contribution in [-0.2, 0) is 14.8 Å². The Hall–Kier alpha value is -0.930. The molecule has 0 amide bonds. The van der Waals surface area contributed by atoms with Crippen LogP contribution in [0.15, 0.2) is 17.0 Å². The molecule has 1 atom stereocenters. The largest absolute Gasteiger partial charge is 0.375 e. The van der Waals surface area contributed by atoms with E-state index in [9.17, 15) is 8.42 Å². The number of methoxy groups -OCH3 is 1. The van der Waals surface area contributed by atoms with E-state index in [-0.39, 0.29) is 17.5 Å². The fourth-order valence-electron chi connectivity index (χ4n) is 2.60. The summed E-state index contributed by atoms with van der Waals surface area (Å²) in [6.07, 6.45) is -0.391. The molecule has 0 aliphatic heterocycles. The standard InChI is InChI=1S/C15H22ClN3O3S2/c1-9(2)19-11(4)15(10(3)18-19)24(20,21)17-8-12(22-5)13-6-7-14(16)23-13/h6-7,9,12,17H,8H2,1-5H3/t12-/m0/s1. The van der Waals surface area contributed by atoms with Crippen molar-refractivity contribution in [2.24, 2.45) is 0 Å². The van der Waals surface area contributed by atoms with E-state index in [4.69, 9.17) is 16.3 Å². The number of hydrogen-bond donors (Lipinski definition) is 1. The van der Waals surface area contributed by atoms with Gasteiger partial charge in [0.15, 0.2) is 0 Å². The van der Waals surface area contributed by atoms with Gasteiger partial charge in [-0.2, -0.15) is 5.10 Å². The Balaban J connectivity index is 2.22. The van der Waals surface area contributed by atoms with Gasteiger partial charge in [0.05, 0.1) is 15.7 Å². The lowest BCUT2D eigenvalue weighted by Crippen LogP contribution is -2.29. The molecule has 24 heavy (non-hydrogen) atoms. The van der Waals surface area contributed by atoms with Gasteiger partial charge in [0, 0.05) is 24.6 Å². The van der Waals surface area contributed by atoms with E-state index in [0.29, 0.717) is 15.7 Å². The second-order valence-corrected chi connectivity index (χ2v) is 9.21. The van der Waals surface area contributed by atoms with Crippen LogP contribution in [0.5, 0.6) is 0 Å². The minimum atomic E-state index is -3.68. The van der Waals surface area contributed by atoms with Crippen molar-refractivity contribution in [3.63, 3.8) is 0 Å². The first-order chi connectivity index (χ1) is 11.2. The van der Waals surface area contributed by atoms with Crippen molar-refractivity contribution in [2.75, 3.05) is 13.7 Å². The summed E-state index contributed by atoms with van der Waals surface area (Å²) in [5.74, 6) is 0. The molecule has 0 saturated heterocycles. The Kier molecular flexibility index (Phi) is 6.09. The maximum atomic E-state index is 12.7. The van der Waals surface area contributed by atoms with Crippen LogP contribution in [0.2, 0.25) is 4.34 Å². The van der Waals surface area contributed by atoms with Crippen molar-refractivity contribution >= 4 is 33.0 Å². The van der Waals surface area contributed by atoms with Crippen molar-refractivity contribution in [2.45, 2.75) is 44.7 Å². The first-order valence-corrected chi connectivity index (χ1v) is 10.2. The maximum Gasteiger partial charge on any atom is 0.244 e. The van der Waals surface area contributed by atoms with Crippen LogP contribution >= 0.6 is 22.9 Å². The summed E-state index contributed by atoms with van der Waals surface area (Å²) < 4.78 is 35.8. The van der Waals surface area contributed by atoms with Crippen molar-refractivity contribution in [3.05, 3.63) is 32.7 Å². The number of rotatable bonds is 7. The van der Waals surface area contributed by atoms with E-state index in [2.05, 4.69) is 9.82 Å². The summed E-state index contributed by atoms with van der Waals surface area (Å²) in [5, 5.41) is 4.34. The number of halogens is 1. The molecule has 0 aromatic carbocycles. The fraction of sp³-hybridized carbons (Fsp3) is 0.533. The van der Waals surface area contributed by atoms with Gasteiger partial charge >= 0.3 is 0 Å². The highest BCUT2D eigenvalue weighted by Crippen LogP contribution is 2.29. The molecule has 0 fully saturated rings. The summed E-state index contributed by atoms with van der Waals surface area (Å²) in [5.41, 5.74) is 1.12. The molecule has 2 heterocycles. The number of nitrogens with zero attached hydrogens (tertiary/aromatic N) is 2. The molecule has 0 radical (unpaired) electrons. The monoisotopic (exact) mass is 391 g/mol. The highest BCUT2D eigenvalue weighted by Gasteiger charge is 2.26. The van der Waals surface area contributed by atoms with Crippen molar-refractivity contribution in [1.29, 1.82) is 0 Å². The molecule has 1 N–H and O–H groups in total. The molecule has 0 spiro atoms. The third-order valence-electron chi connectivity index (χ3n) is 3.67. The van der Waals surface area contributed by atoms with Crippen LogP contribution in [-0.4, -0.2) is 31.9 Å². The van der Waals surface area contributed by atoms with Crippen LogP contribution < -0.4 is 4.72 Å². The van der Waals surface area contributed by atoms with E-state index in [1.165, 1.54) is 11.3 Å². The molecule has 0 aliphatic carbocycles. The van der Waals surface area contributed by atoms with Crippen LogP contribution in [0.25, 0.3) is 0 Å². The van der Waals surface area contributed by atoms with Gasteiger partial charge in [-0.3, -0.25) is 4.68 Å². The van der Waals surface area contributed by atoms with Crippen molar-refractivity contribution < 1.29 is 13.2 Å². The summed E-state index contributed by atoms with van der Waals surface area (Å²) in [4.78, 5) is 1.10. The number of ether oxygens (including phenoxy) is 1. The predicted octanol–water partition coefficient (Wildman–Crippen LogP) is 3.46. The molecule has 0 unspecified atom stereocenters. The van der Waals surface area contributed by atoms with Crippen LogP contribution in [0.1, 0.15) is 42.3 Å². The zero-order valence-corrected chi connectivity index (χ0v) is 16.7. The Morgan fingerprint density at radius 2 is 2.04 bits per heavy atom. The lowest BCUT2D eigenvalue weighted by atomic mass is 10.3. The van der Waals surface area contributed by atoms with E-state index in [0.717, 1.165) is 4.88 Å². The van der Waals surface area contributed by atoms with Gasteiger partial charge in [-0.25, -0.2) is 13.1 Å². The predicted molar refractivity (Wildman–Crippen MR) is 96.4 cm³/mol. The highest BCUT2D eigenvalue weighted by molar-refractivity contribution is 7.89. The second-order valence-electron chi connectivity index (χ2n) is 5.76. The molecular weight excluding hydrogens is 370 g/mol. The van der Waals surface area contributed by atoms with Gasteiger partial charge in [-0.15, -0.1) is 11.3 Å². The highest BCUT2D eigenvalue weighted by atomic mass is 35.5. The number of nitrogens with one attached hydrogen (secondary N) is 1. The normalized spacial score (nSPS) is 13.6. The lowest BCUT2D eigenvalue weighted by Gasteiger charge is -2.15. The number of sulfonamides is 1. The molecule has 2 aromatic heterocycles. The lowest BCUT2D eigenvalue weighted by molar-refractivity contribution is 0.110. The summed E-state index contributed by atoms with van der Waals surface area (Å²) in [6, 6.07) is 3.69. The number of aromatic nitrogens is 2. The molecule has 2 aromatic rings. The van der Waals surface area contributed by atoms with Gasteiger partial charge in [0.2, 0.25) is 10.0 Å². The van der Waals surface area contributed by atoms with Gasteiger partial charge in [0.1, 0.15) is 11.0 Å². The van der Waals surface area contributed by atoms with Gasteiger partial charge in [-0.05, 0) is 39.8 Å². The molecule has 134 valence electrons. The summed E-state index contributed by atoms with van der Waals surface area (Å²) >= 11 is 7.30. The minimum Gasteiger partial charge on any atom is -0.375 e. The van der Waals surface area contributed by atoms with E-state index in [1.54, 1.807) is 31.7 Å². The Morgan fingerprint density at radius 3 is 2.50 bits per heavy atom. The van der Waals surface area contributed by atoms with Gasteiger partial charge in [-0.1, -0.05) is 11.6 Å². The smallest absolute Gasteiger partial charge is 0.244 e. The average Bonchev–Trinajstić information content (AvgIpc) is 3.03. The SMILES string of the molecule is CO[C@@H](CNS(=O)(=O)c1c(C)nn(C(C)C)c1C)c1ccc(Cl)s1. The van der Waals surface area contributed by atoms with Crippen molar-refractivity contribution in [1.82, 2.24) is 14.5 Å². The topological polar surface area (TPSA) is 73.2 Å². The Bertz CT molecular complexity index is 812. The molecular formula is C15H22ClN3O3S2. The van der Waals surface area contributed by atoms with Crippen LogP contribution in [0, 0.1) is 13.8 Å². The molecule has 0 aliphatic rings. The van der Waals surface area contributed by atoms with E-state index in [1.807, 2.05) is 19.9 Å². The second kappa shape index (κ2) is 7.53. The molecule has 9 heteroatoms.